The lowest BCUT2D eigenvalue weighted by atomic mass is 10.4. The number of rotatable bonds is 4. The van der Waals surface area contributed by atoms with E-state index in [1.165, 1.54) is 26.6 Å². The van der Waals surface area contributed by atoms with Gasteiger partial charge in [-0.25, -0.2) is 9.97 Å². The first-order valence-corrected chi connectivity index (χ1v) is 5.84. The molecular formula is C12H16N6O3. The van der Waals surface area contributed by atoms with E-state index in [1.807, 2.05) is 0 Å². The van der Waals surface area contributed by atoms with Crippen LogP contribution in [0.1, 0.15) is 11.4 Å². The highest BCUT2D eigenvalue weighted by Crippen LogP contribution is 2.00. The monoisotopic (exact) mass is 292 g/mol. The van der Waals surface area contributed by atoms with Gasteiger partial charge in [0.25, 0.3) is 0 Å². The fourth-order valence-corrected chi connectivity index (χ4v) is 1.17. The van der Waals surface area contributed by atoms with E-state index in [9.17, 15) is 0 Å². The second-order valence-corrected chi connectivity index (χ2v) is 3.45. The molecule has 2 aromatic heterocycles. The third-order valence-electron chi connectivity index (χ3n) is 2.11. The Morgan fingerprint density at radius 2 is 1.76 bits per heavy atom. The van der Waals surface area contributed by atoms with E-state index in [-0.39, 0.29) is 6.01 Å². The van der Waals surface area contributed by atoms with Crippen molar-refractivity contribution in [3.63, 3.8) is 0 Å². The zero-order chi connectivity index (χ0) is 15.5. The van der Waals surface area contributed by atoms with Gasteiger partial charge in [0.1, 0.15) is 0 Å². The van der Waals surface area contributed by atoms with Crippen LogP contribution in [0.15, 0.2) is 29.7 Å². The first kappa shape index (κ1) is 16.2. The van der Waals surface area contributed by atoms with Crippen molar-refractivity contribution < 1.29 is 14.7 Å². The standard InChI is InChI=1S/C6H7N3O2.C6H9N3O/c1-11-6-7-3-2-5(9-6)4-8-10;1-10-6-8-3-2-5(4-7)9-6/h2-4,10H,1H3;2-3H,4,7H2,1H3. The molecule has 0 bridgehead atoms. The highest BCUT2D eigenvalue weighted by molar-refractivity contribution is 5.76. The van der Waals surface area contributed by atoms with E-state index in [4.69, 9.17) is 20.4 Å². The quantitative estimate of drug-likeness (QED) is 0.465. The minimum atomic E-state index is 0.252. The molecule has 2 rings (SSSR count). The zero-order valence-electron chi connectivity index (χ0n) is 11.7. The van der Waals surface area contributed by atoms with Crippen LogP contribution < -0.4 is 15.2 Å². The molecule has 0 unspecified atom stereocenters. The first-order valence-electron chi connectivity index (χ1n) is 5.84. The number of ether oxygens (including phenoxy) is 2. The molecule has 0 aromatic carbocycles. The van der Waals surface area contributed by atoms with E-state index >= 15 is 0 Å². The van der Waals surface area contributed by atoms with Crippen molar-refractivity contribution in [1.82, 2.24) is 19.9 Å². The second-order valence-electron chi connectivity index (χ2n) is 3.45. The number of aromatic nitrogens is 4. The number of hydrogen-bond acceptors (Lipinski definition) is 9. The van der Waals surface area contributed by atoms with Crippen LogP contribution in [0.4, 0.5) is 0 Å². The van der Waals surface area contributed by atoms with E-state index < -0.39 is 0 Å². The third kappa shape index (κ3) is 5.78. The van der Waals surface area contributed by atoms with E-state index in [2.05, 4.69) is 25.1 Å². The van der Waals surface area contributed by atoms with Gasteiger partial charge in [-0.05, 0) is 12.1 Å². The average Bonchev–Trinajstić information content (AvgIpc) is 2.56. The first-order chi connectivity index (χ1) is 10.2. The summed E-state index contributed by atoms with van der Waals surface area (Å²) in [5.41, 5.74) is 6.61. The summed E-state index contributed by atoms with van der Waals surface area (Å²) in [6.07, 6.45) is 4.33. The number of hydrogen-bond donors (Lipinski definition) is 2. The van der Waals surface area contributed by atoms with Crippen LogP contribution in [0, 0.1) is 0 Å². The summed E-state index contributed by atoms with van der Waals surface area (Å²) < 4.78 is 9.51. The van der Waals surface area contributed by atoms with Crippen LogP contribution in [0.25, 0.3) is 0 Å². The normalized spacial score (nSPS) is 9.86. The summed E-state index contributed by atoms with van der Waals surface area (Å²) in [7, 11) is 2.99. The lowest BCUT2D eigenvalue weighted by Gasteiger charge is -1.97. The molecule has 0 radical (unpaired) electrons. The Bertz CT molecular complexity index is 559. The van der Waals surface area contributed by atoms with Gasteiger partial charge in [-0.15, -0.1) is 0 Å². The molecular weight excluding hydrogens is 276 g/mol. The molecule has 2 aromatic rings. The predicted octanol–water partition coefficient (Wildman–Crippen LogP) is 0.237. The third-order valence-corrected chi connectivity index (χ3v) is 2.11. The molecule has 0 fully saturated rings. The molecule has 2 heterocycles. The predicted molar refractivity (Wildman–Crippen MR) is 74.4 cm³/mol. The summed E-state index contributed by atoms with van der Waals surface area (Å²) in [4.78, 5) is 15.4. The molecule has 0 amide bonds. The fraction of sp³-hybridized carbons (Fsp3) is 0.250. The Hall–Kier alpha value is -2.81. The van der Waals surface area contributed by atoms with Crippen molar-refractivity contribution >= 4 is 6.21 Å². The molecule has 0 aliphatic rings. The van der Waals surface area contributed by atoms with Gasteiger partial charge in [0.2, 0.25) is 0 Å². The van der Waals surface area contributed by atoms with Crippen molar-refractivity contribution in [1.29, 1.82) is 0 Å². The molecule has 0 saturated heterocycles. The maximum absolute atomic E-state index is 8.15. The lowest BCUT2D eigenvalue weighted by Crippen LogP contribution is -2.01. The van der Waals surface area contributed by atoms with Crippen molar-refractivity contribution in [3.05, 3.63) is 35.9 Å². The minimum Gasteiger partial charge on any atom is -0.467 e. The van der Waals surface area contributed by atoms with Gasteiger partial charge in [-0.1, -0.05) is 5.16 Å². The van der Waals surface area contributed by atoms with Gasteiger partial charge in [0.05, 0.1) is 31.8 Å². The molecule has 0 aliphatic heterocycles. The molecule has 112 valence electrons. The average molecular weight is 292 g/mol. The largest absolute Gasteiger partial charge is 0.467 e. The van der Waals surface area contributed by atoms with E-state index in [0.717, 1.165) is 5.69 Å². The summed E-state index contributed by atoms with van der Waals surface area (Å²) >= 11 is 0. The van der Waals surface area contributed by atoms with E-state index in [1.54, 1.807) is 18.3 Å². The summed E-state index contributed by atoms with van der Waals surface area (Å²) in [5.74, 6) is 0. The Kier molecular flexibility index (Phi) is 7.08. The SMILES string of the molecule is COc1nccc(C=NO)n1.COc1nccc(CN)n1. The van der Waals surface area contributed by atoms with Crippen molar-refractivity contribution in [3.8, 4) is 12.0 Å². The lowest BCUT2D eigenvalue weighted by molar-refractivity contribution is 0.321. The molecule has 3 N–H and O–H groups in total. The Morgan fingerprint density at radius 1 is 1.14 bits per heavy atom. The Labute approximate surface area is 121 Å². The van der Waals surface area contributed by atoms with Gasteiger partial charge < -0.3 is 20.4 Å². The summed E-state index contributed by atoms with van der Waals surface area (Å²) in [5, 5.41) is 11.0. The molecule has 9 nitrogen and oxygen atoms in total. The molecule has 0 saturated carbocycles. The fourth-order valence-electron chi connectivity index (χ4n) is 1.17. The second kappa shape index (κ2) is 9.15. The van der Waals surface area contributed by atoms with Crippen LogP contribution >= 0.6 is 0 Å². The van der Waals surface area contributed by atoms with Crippen LogP contribution in [0.5, 0.6) is 12.0 Å². The highest BCUT2D eigenvalue weighted by atomic mass is 16.5. The number of methoxy groups -OCH3 is 2. The molecule has 0 aliphatic carbocycles. The Morgan fingerprint density at radius 3 is 2.33 bits per heavy atom. The maximum Gasteiger partial charge on any atom is 0.316 e. The van der Waals surface area contributed by atoms with Gasteiger partial charge >= 0.3 is 12.0 Å². The zero-order valence-corrected chi connectivity index (χ0v) is 11.7. The van der Waals surface area contributed by atoms with Crippen molar-refractivity contribution in [2.24, 2.45) is 10.9 Å². The van der Waals surface area contributed by atoms with Gasteiger partial charge in [0.15, 0.2) is 0 Å². The minimum absolute atomic E-state index is 0.252. The maximum atomic E-state index is 8.15. The molecule has 9 heteroatoms. The number of nitrogens with two attached hydrogens (primary N) is 1. The summed E-state index contributed by atoms with van der Waals surface area (Å²) in [6, 6.07) is 3.97. The molecule has 21 heavy (non-hydrogen) atoms. The van der Waals surface area contributed by atoms with E-state index in [0.29, 0.717) is 18.2 Å². The van der Waals surface area contributed by atoms with Gasteiger partial charge in [-0.3, -0.25) is 0 Å². The molecule has 0 spiro atoms. The van der Waals surface area contributed by atoms with Crippen molar-refractivity contribution in [2.75, 3.05) is 14.2 Å². The summed E-state index contributed by atoms with van der Waals surface area (Å²) in [6.45, 7) is 0.416. The number of oxime groups is 1. The van der Waals surface area contributed by atoms with Crippen LogP contribution in [0.2, 0.25) is 0 Å². The smallest absolute Gasteiger partial charge is 0.316 e. The van der Waals surface area contributed by atoms with Crippen LogP contribution in [-0.4, -0.2) is 45.6 Å². The molecule has 0 atom stereocenters. The highest BCUT2D eigenvalue weighted by Gasteiger charge is 1.94. The van der Waals surface area contributed by atoms with Gasteiger partial charge in [0, 0.05) is 18.9 Å². The Balaban J connectivity index is 0.000000211. The van der Waals surface area contributed by atoms with Gasteiger partial charge in [-0.2, -0.15) is 9.97 Å². The topological polar surface area (TPSA) is 129 Å². The number of nitrogens with zero attached hydrogens (tertiary/aromatic N) is 5. The van der Waals surface area contributed by atoms with Crippen LogP contribution in [-0.2, 0) is 6.54 Å². The van der Waals surface area contributed by atoms with Crippen LogP contribution in [0.3, 0.4) is 0 Å². The van der Waals surface area contributed by atoms with Crippen molar-refractivity contribution in [2.45, 2.75) is 6.54 Å².